The van der Waals surface area contributed by atoms with E-state index in [0.29, 0.717) is 11.6 Å². The van der Waals surface area contributed by atoms with Crippen LogP contribution >= 0.6 is 0 Å². The second kappa shape index (κ2) is 7.21. The summed E-state index contributed by atoms with van der Waals surface area (Å²) < 4.78 is 29.2. The molecule has 0 radical (unpaired) electrons. The molecule has 1 aromatic heterocycles. The van der Waals surface area contributed by atoms with Gasteiger partial charge < -0.3 is 0 Å². The molecule has 5 nitrogen and oxygen atoms in total. The molecule has 0 aliphatic carbocycles. The molecule has 0 saturated heterocycles. The molecule has 0 amide bonds. The zero-order valence-corrected chi connectivity index (χ0v) is 15.1. The Kier molecular flexibility index (Phi) is 5.01. The summed E-state index contributed by atoms with van der Waals surface area (Å²) in [4.78, 5) is 0.263. The van der Waals surface area contributed by atoms with Crippen molar-refractivity contribution in [3.63, 3.8) is 0 Å². The number of para-hydroxylation sites is 1. The predicted molar refractivity (Wildman–Crippen MR) is 98.1 cm³/mol. The number of hydrogen-bond acceptors (Lipinski definition) is 3. The Morgan fingerprint density at radius 2 is 1.68 bits per heavy atom. The molecule has 0 atom stereocenters. The fraction of sp³-hybridized carbons (Fsp3) is 0.211. The van der Waals surface area contributed by atoms with E-state index in [9.17, 15) is 8.42 Å². The van der Waals surface area contributed by atoms with Gasteiger partial charge in [0.2, 0.25) is 10.0 Å². The first-order valence-electron chi connectivity index (χ1n) is 8.15. The van der Waals surface area contributed by atoms with Crippen molar-refractivity contribution in [1.29, 1.82) is 0 Å². The number of sulfonamides is 1. The van der Waals surface area contributed by atoms with E-state index < -0.39 is 10.0 Å². The van der Waals surface area contributed by atoms with E-state index in [1.807, 2.05) is 48.7 Å². The number of nitrogens with zero attached hydrogens (tertiary/aromatic N) is 2. The molecule has 130 valence electrons. The van der Waals surface area contributed by atoms with Crippen LogP contribution in [0.2, 0.25) is 0 Å². The zero-order chi connectivity index (χ0) is 17.9. The van der Waals surface area contributed by atoms with Crippen LogP contribution < -0.4 is 4.72 Å². The molecule has 25 heavy (non-hydrogen) atoms. The van der Waals surface area contributed by atoms with E-state index in [-0.39, 0.29) is 11.4 Å². The topological polar surface area (TPSA) is 64.0 Å². The molecular weight excluding hydrogens is 334 g/mol. The van der Waals surface area contributed by atoms with Gasteiger partial charge in [0.25, 0.3) is 0 Å². The molecule has 3 aromatic rings. The first-order chi connectivity index (χ1) is 12.0. The van der Waals surface area contributed by atoms with Crippen molar-refractivity contribution in [2.45, 2.75) is 31.2 Å². The van der Waals surface area contributed by atoms with E-state index in [1.54, 1.807) is 22.9 Å². The van der Waals surface area contributed by atoms with Crippen molar-refractivity contribution < 1.29 is 8.42 Å². The number of hydrogen-bond donors (Lipinski definition) is 1. The molecule has 3 rings (SSSR count). The van der Waals surface area contributed by atoms with E-state index >= 15 is 0 Å². The minimum Gasteiger partial charge on any atom is -0.241 e. The van der Waals surface area contributed by atoms with Crippen molar-refractivity contribution in [2.24, 2.45) is 0 Å². The third kappa shape index (κ3) is 4.15. The van der Waals surface area contributed by atoms with Gasteiger partial charge in [-0.15, -0.1) is 0 Å². The highest BCUT2D eigenvalue weighted by molar-refractivity contribution is 7.89. The maximum Gasteiger partial charge on any atom is 0.240 e. The maximum absolute atomic E-state index is 12.4. The van der Waals surface area contributed by atoms with Gasteiger partial charge in [-0.25, -0.2) is 17.8 Å². The summed E-state index contributed by atoms with van der Waals surface area (Å²) in [6.45, 7) is 4.30. The second-order valence-electron chi connectivity index (χ2n) is 6.14. The molecule has 0 fully saturated rings. The van der Waals surface area contributed by atoms with Crippen LogP contribution in [-0.4, -0.2) is 18.2 Å². The first-order valence-corrected chi connectivity index (χ1v) is 9.63. The quantitative estimate of drug-likeness (QED) is 0.736. The van der Waals surface area contributed by atoms with E-state index in [0.717, 1.165) is 11.3 Å². The van der Waals surface area contributed by atoms with Gasteiger partial charge in [-0.1, -0.05) is 44.2 Å². The van der Waals surface area contributed by atoms with Crippen LogP contribution in [0.15, 0.2) is 71.8 Å². The average Bonchev–Trinajstić information content (AvgIpc) is 3.10. The standard InChI is InChI=1S/C19H21N3O2S/c1-15(2)16-8-10-19(11-9-16)25(23,24)20-14-17-12-13-22(21-17)18-6-4-3-5-7-18/h3-13,15,20H,14H2,1-2H3. The van der Waals surface area contributed by atoms with Crippen LogP contribution in [0.5, 0.6) is 0 Å². The maximum atomic E-state index is 12.4. The summed E-state index contributed by atoms with van der Waals surface area (Å²) in [5.41, 5.74) is 2.70. The van der Waals surface area contributed by atoms with Gasteiger partial charge in [0, 0.05) is 6.20 Å². The third-order valence-corrected chi connectivity index (χ3v) is 5.38. The van der Waals surface area contributed by atoms with Gasteiger partial charge in [-0.05, 0) is 41.8 Å². The highest BCUT2D eigenvalue weighted by atomic mass is 32.2. The minimum absolute atomic E-state index is 0.147. The normalized spacial score (nSPS) is 11.8. The average molecular weight is 355 g/mol. The van der Waals surface area contributed by atoms with Gasteiger partial charge in [0.15, 0.2) is 0 Å². The summed E-state index contributed by atoms with van der Waals surface area (Å²) in [6.07, 6.45) is 1.82. The lowest BCUT2D eigenvalue weighted by Crippen LogP contribution is -2.23. The zero-order valence-electron chi connectivity index (χ0n) is 14.3. The van der Waals surface area contributed by atoms with Crippen LogP contribution in [0.25, 0.3) is 5.69 Å². The van der Waals surface area contributed by atoms with Crippen molar-refractivity contribution in [3.05, 3.63) is 78.1 Å². The number of benzene rings is 2. The Balaban J connectivity index is 1.69. The minimum atomic E-state index is -3.56. The fourth-order valence-electron chi connectivity index (χ4n) is 2.46. The number of aromatic nitrogens is 2. The van der Waals surface area contributed by atoms with E-state index in [2.05, 4.69) is 23.7 Å². The van der Waals surface area contributed by atoms with Gasteiger partial charge in [-0.3, -0.25) is 0 Å². The smallest absolute Gasteiger partial charge is 0.240 e. The molecule has 1 N–H and O–H groups in total. The van der Waals surface area contributed by atoms with Crippen LogP contribution in [-0.2, 0) is 16.6 Å². The van der Waals surface area contributed by atoms with Crippen LogP contribution in [0.1, 0.15) is 31.0 Å². The Bertz CT molecular complexity index is 930. The fourth-order valence-corrected chi connectivity index (χ4v) is 3.46. The Hall–Kier alpha value is -2.44. The number of nitrogens with one attached hydrogen (secondary N) is 1. The SMILES string of the molecule is CC(C)c1ccc(S(=O)(=O)NCc2ccn(-c3ccccc3)n2)cc1. The highest BCUT2D eigenvalue weighted by Gasteiger charge is 2.14. The Morgan fingerprint density at radius 1 is 1.00 bits per heavy atom. The van der Waals surface area contributed by atoms with Crippen LogP contribution in [0, 0.1) is 0 Å². The van der Waals surface area contributed by atoms with Crippen LogP contribution in [0.3, 0.4) is 0 Å². The molecule has 0 aliphatic heterocycles. The van der Waals surface area contributed by atoms with Gasteiger partial charge in [0.05, 0.1) is 22.8 Å². The Labute approximate surface area is 148 Å². The molecule has 1 heterocycles. The lowest BCUT2D eigenvalue weighted by molar-refractivity contribution is 0.580. The van der Waals surface area contributed by atoms with Crippen LogP contribution in [0.4, 0.5) is 0 Å². The monoisotopic (exact) mass is 355 g/mol. The predicted octanol–water partition coefficient (Wildman–Crippen LogP) is 3.47. The molecule has 0 saturated carbocycles. The first kappa shape index (κ1) is 17.4. The highest BCUT2D eigenvalue weighted by Crippen LogP contribution is 2.17. The second-order valence-corrected chi connectivity index (χ2v) is 7.90. The van der Waals surface area contributed by atoms with Gasteiger partial charge >= 0.3 is 0 Å². The van der Waals surface area contributed by atoms with Crippen molar-refractivity contribution >= 4 is 10.0 Å². The van der Waals surface area contributed by atoms with Crippen molar-refractivity contribution in [3.8, 4) is 5.69 Å². The Morgan fingerprint density at radius 3 is 2.32 bits per heavy atom. The summed E-state index contributed by atoms with van der Waals surface area (Å²) in [7, 11) is -3.56. The molecule has 0 spiro atoms. The summed E-state index contributed by atoms with van der Waals surface area (Å²) in [5.74, 6) is 0.367. The lowest BCUT2D eigenvalue weighted by atomic mass is 10.0. The number of rotatable bonds is 6. The lowest BCUT2D eigenvalue weighted by Gasteiger charge is -2.08. The van der Waals surface area contributed by atoms with Crippen molar-refractivity contribution in [2.75, 3.05) is 0 Å². The molecule has 2 aromatic carbocycles. The summed E-state index contributed by atoms with van der Waals surface area (Å²) >= 11 is 0. The van der Waals surface area contributed by atoms with Crippen molar-refractivity contribution in [1.82, 2.24) is 14.5 Å². The molecule has 0 bridgehead atoms. The largest absolute Gasteiger partial charge is 0.241 e. The molecule has 0 aliphatic rings. The molecule has 6 heteroatoms. The van der Waals surface area contributed by atoms with Gasteiger partial charge in [-0.2, -0.15) is 5.10 Å². The van der Waals surface area contributed by atoms with Gasteiger partial charge in [0.1, 0.15) is 0 Å². The van der Waals surface area contributed by atoms with E-state index in [1.165, 1.54) is 0 Å². The summed E-state index contributed by atoms with van der Waals surface area (Å²) in [6, 6.07) is 18.5. The van der Waals surface area contributed by atoms with E-state index in [4.69, 9.17) is 0 Å². The third-order valence-electron chi connectivity index (χ3n) is 3.97. The summed E-state index contributed by atoms with van der Waals surface area (Å²) in [5, 5.41) is 4.40. The molecular formula is C19H21N3O2S. The molecule has 0 unspecified atom stereocenters.